The number of hydrogen-bond donors (Lipinski definition) is 1. The molecule has 0 spiro atoms. The first-order chi connectivity index (χ1) is 10.1. The normalized spacial score (nSPS) is 23.8. The third kappa shape index (κ3) is 2.76. The Kier molecular flexibility index (Phi) is 4.37. The summed E-state index contributed by atoms with van der Waals surface area (Å²) < 4.78 is 0. The number of nitrogens with two attached hydrogens (primary N) is 1. The predicted octanol–water partition coefficient (Wildman–Crippen LogP) is 4.22. The van der Waals surface area contributed by atoms with Gasteiger partial charge in [0.2, 0.25) is 0 Å². The molecule has 2 fully saturated rings. The molecule has 1 aromatic rings. The van der Waals surface area contributed by atoms with Crippen molar-refractivity contribution in [3.05, 3.63) is 35.4 Å². The minimum Gasteiger partial charge on any atom is -0.322 e. The fourth-order valence-corrected chi connectivity index (χ4v) is 4.23. The lowest BCUT2D eigenvalue weighted by Gasteiger charge is -2.47. The van der Waals surface area contributed by atoms with Gasteiger partial charge in [0.1, 0.15) is 0 Å². The number of nitrogens with zero attached hydrogens (tertiary/aromatic N) is 1. The summed E-state index contributed by atoms with van der Waals surface area (Å²) in [6, 6.07) is 9.36. The summed E-state index contributed by atoms with van der Waals surface area (Å²) >= 11 is 0. The summed E-state index contributed by atoms with van der Waals surface area (Å²) in [7, 11) is 4.40. The standard InChI is InChI=1S/C19H30N2/c1-21(2)19(13-4-3-5-14-19)18(20)17-11-9-16(10-12-17)15-7-6-8-15/h9-12,15,18H,3-8,13-14,20H2,1-2H3. The van der Waals surface area contributed by atoms with Gasteiger partial charge in [0.25, 0.3) is 0 Å². The van der Waals surface area contributed by atoms with Crippen molar-refractivity contribution < 1.29 is 0 Å². The molecule has 2 nitrogen and oxygen atoms in total. The van der Waals surface area contributed by atoms with Crippen LogP contribution in [0.3, 0.4) is 0 Å². The van der Waals surface area contributed by atoms with Gasteiger partial charge in [0.15, 0.2) is 0 Å². The largest absolute Gasteiger partial charge is 0.322 e. The van der Waals surface area contributed by atoms with E-state index in [1.165, 1.54) is 62.5 Å². The zero-order valence-corrected chi connectivity index (χ0v) is 13.6. The van der Waals surface area contributed by atoms with Crippen LogP contribution in [-0.2, 0) is 0 Å². The highest BCUT2D eigenvalue weighted by atomic mass is 15.2. The average Bonchev–Trinajstić information content (AvgIpc) is 2.46. The van der Waals surface area contributed by atoms with Gasteiger partial charge in [-0.05, 0) is 56.8 Å². The first kappa shape index (κ1) is 15.1. The lowest BCUT2D eigenvalue weighted by molar-refractivity contribution is 0.0713. The van der Waals surface area contributed by atoms with E-state index in [-0.39, 0.29) is 11.6 Å². The molecule has 2 heteroatoms. The summed E-state index contributed by atoms with van der Waals surface area (Å²) in [5, 5.41) is 0. The van der Waals surface area contributed by atoms with E-state index in [4.69, 9.17) is 5.73 Å². The number of likely N-dealkylation sites (N-methyl/N-ethyl adjacent to an activating group) is 1. The van der Waals surface area contributed by atoms with E-state index < -0.39 is 0 Å². The third-order valence-corrected chi connectivity index (χ3v) is 6.06. The van der Waals surface area contributed by atoms with Crippen molar-refractivity contribution in [3.8, 4) is 0 Å². The van der Waals surface area contributed by atoms with E-state index in [9.17, 15) is 0 Å². The quantitative estimate of drug-likeness (QED) is 0.898. The summed E-state index contributed by atoms with van der Waals surface area (Å²) in [6.07, 6.45) is 10.6. The molecule has 0 aromatic heterocycles. The van der Waals surface area contributed by atoms with Crippen LogP contribution in [0.4, 0.5) is 0 Å². The lowest BCUT2D eigenvalue weighted by atomic mass is 9.73. The summed E-state index contributed by atoms with van der Waals surface area (Å²) in [6.45, 7) is 0. The van der Waals surface area contributed by atoms with E-state index in [0.29, 0.717) is 0 Å². The Bertz CT molecular complexity index is 453. The zero-order chi connectivity index (χ0) is 14.9. The zero-order valence-electron chi connectivity index (χ0n) is 13.6. The summed E-state index contributed by atoms with van der Waals surface area (Å²) in [4.78, 5) is 2.39. The van der Waals surface area contributed by atoms with Gasteiger partial charge in [0, 0.05) is 11.6 Å². The number of benzene rings is 1. The van der Waals surface area contributed by atoms with Crippen molar-refractivity contribution >= 4 is 0 Å². The molecule has 0 heterocycles. The molecule has 0 aliphatic heterocycles. The minimum absolute atomic E-state index is 0.128. The Morgan fingerprint density at radius 1 is 1.00 bits per heavy atom. The first-order valence-electron chi connectivity index (χ1n) is 8.66. The van der Waals surface area contributed by atoms with Crippen LogP contribution in [0.25, 0.3) is 0 Å². The van der Waals surface area contributed by atoms with Crippen molar-refractivity contribution in [2.24, 2.45) is 5.73 Å². The molecule has 2 aliphatic rings. The topological polar surface area (TPSA) is 29.3 Å². The van der Waals surface area contributed by atoms with E-state index in [2.05, 4.69) is 43.3 Å². The van der Waals surface area contributed by atoms with Crippen LogP contribution in [0, 0.1) is 0 Å². The van der Waals surface area contributed by atoms with Crippen LogP contribution in [0.1, 0.15) is 74.5 Å². The van der Waals surface area contributed by atoms with Gasteiger partial charge in [-0.15, -0.1) is 0 Å². The van der Waals surface area contributed by atoms with Crippen molar-refractivity contribution in [2.75, 3.05) is 14.1 Å². The van der Waals surface area contributed by atoms with Crippen molar-refractivity contribution in [1.29, 1.82) is 0 Å². The monoisotopic (exact) mass is 286 g/mol. The van der Waals surface area contributed by atoms with Crippen molar-refractivity contribution in [1.82, 2.24) is 4.90 Å². The van der Waals surface area contributed by atoms with Gasteiger partial charge >= 0.3 is 0 Å². The highest BCUT2D eigenvalue weighted by Crippen LogP contribution is 2.41. The molecule has 1 aromatic carbocycles. The highest BCUT2D eigenvalue weighted by Gasteiger charge is 2.40. The molecule has 116 valence electrons. The maximum atomic E-state index is 6.74. The maximum absolute atomic E-state index is 6.74. The second-order valence-corrected chi connectivity index (χ2v) is 7.33. The van der Waals surface area contributed by atoms with Gasteiger partial charge in [-0.1, -0.05) is 49.9 Å². The Morgan fingerprint density at radius 2 is 1.62 bits per heavy atom. The number of hydrogen-bond acceptors (Lipinski definition) is 2. The van der Waals surface area contributed by atoms with Crippen LogP contribution in [0.5, 0.6) is 0 Å². The minimum atomic E-state index is 0.128. The molecule has 1 atom stereocenters. The molecule has 0 bridgehead atoms. The molecule has 2 N–H and O–H groups in total. The smallest absolute Gasteiger partial charge is 0.0481 e. The van der Waals surface area contributed by atoms with Crippen LogP contribution in [-0.4, -0.2) is 24.5 Å². The molecular formula is C19H30N2. The van der Waals surface area contributed by atoms with Crippen LogP contribution >= 0.6 is 0 Å². The van der Waals surface area contributed by atoms with Crippen molar-refractivity contribution in [3.63, 3.8) is 0 Å². The van der Waals surface area contributed by atoms with Gasteiger partial charge in [-0.25, -0.2) is 0 Å². The Labute approximate surface area is 129 Å². The van der Waals surface area contributed by atoms with Gasteiger partial charge in [-0.3, -0.25) is 0 Å². The molecule has 0 radical (unpaired) electrons. The first-order valence-corrected chi connectivity index (χ1v) is 8.66. The van der Waals surface area contributed by atoms with E-state index >= 15 is 0 Å². The van der Waals surface area contributed by atoms with Gasteiger partial charge in [-0.2, -0.15) is 0 Å². The molecule has 0 saturated heterocycles. The Balaban J connectivity index is 1.80. The Morgan fingerprint density at radius 3 is 2.10 bits per heavy atom. The van der Waals surface area contributed by atoms with E-state index in [1.54, 1.807) is 0 Å². The highest BCUT2D eigenvalue weighted by molar-refractivity contribution is 5.30. The maximum Gasteiger partial charge on any atom is 0.0481 e. The van der Waals surface area contributed by atoms with E-state index in [0.717, 1.165) is 5.92 Å². The molecular weight excluding hydrogens is 256 g/mol. The molecule has 21 heavy (non-hydrogen) atoms. The van der Waals surface area contributed by atoms with Crippen LogP contribution < -0.4 is 5.73 Å². The SMILES string of the molecule is CN(C)C1(C(N)c2ccc(C3CCC3)cc2)CCCCC1. The number of rotatable bonds is 4. The van der Waals surface area contributed by atoms with Gasteiger partial charge in [0.05, 0.1) is 0 Å². The lowest BCUT2D eigenvalue weighted by Crippen LogP contribution is -2.53. The van der Waals surface area contributed by atoms with Gasteiger partial charge < -0.3 is 10.6 Å². The fraction of sp³-hybridized carbons (Fsp3) is 0.684. The molecule has 2 saturated carbocycles. The molecule has 0 amide bonds. The molecule has 3 rings (SSSR count). The van der Waals surface area contributed by atoms with E-state index in [1.807, 2.05) is 0 Å². The van der Waals surface area contributed by atoms with Crippen molar-refractivity contribution in [2.45, 2.75) is 68.9 Å². The average molecular weight is 286 g/mol. The fourth-order valence-electron chi connectivity index (χ4n) is 4.23. The predicted molar refractivity (Wildman–Crippen MR) is 89.5 cm³/mol. The molecule has 2 aliphatic carbocycles. The summed E-state index contributed by atoms with van der Waals surface area (Å²) in [5.41, 5.74) is 9.71. The second-order valence-electron chi connectivity index (χ2n) is 7.33. The van der Waals surface area contributed by atoms with Crippen LogP contribution in [0.15, 0.2) is 24.3 Å². The second kappa shape index (κ2) is 6.10. The Hall–Kier alpha value is -0.860. The van der Waals surface area contributed by atoms with Crippen LogP contribution in [0.2, 0.25) is 0 Å². The summed E-state index contributed by atoms with van der Waals surface area (Å²) in [5.74, 6) is 0.813. The third-order valence-electron chi connectivity index (χ3n) is 6.06. The molecule has 1 unspecified atom stereocenters.